The van der Waals surface area contributed by atoms with Gasteiger partial charge in [0.1, 0.15) is 5.75 Å². The van der Waals surface area contributed by atoms with Crippen molar-refractivity contribution in [3.05, 3.63) is 29.3 Å². The lowest BCUT2D eigenvalue weighted by Crippen LogP contribution is -2.09. The van der Waals surface area contributed by atoms with E-state index in [2.05, 4.69) is 18.3 Å². The molecule has 3 nitrogen and oxygen atoms in total. The number of aryl methyl sites for hydroxylation is 1. The molecule has 0 heterocycles. The molecule has 0 spiro atoms. The first-order chi connectivity index (χ1) is 7.27. The second-order valence-electron chi connectivity index (χ2n) is 3.40. The highest BCUT2D eigenvalue weighted by Crippen LogP contribution is 2.19. The molecule has 3 heteroatoms. The summed E-state index contributed by atoms with van der Waals surface area (Å²) in [4.78, 5) is 0. The van der Waals surface area contributed by atoms with Gasteiger partial charge in [0.15, 0.2) is 6.79 Å². The Kier molecular flexibility index (Phi) is 5.15. The molecule has 0 aliphatic heterocycles. The van der Waals surface area contributed by atoms with Gasteiger partial charge >= 0.3 is 0 Å². The van der Waals surface area contributed by atoms with Crippen LogP contribution in [-0.2, 0) is 11.3 Å². The van der Waals surface area contributed by atoms with E-state index in [0.29, 0.717) is 13.4 Å². The van der Waals surface area contributed by atoms with Gasteiger partial charge in [-0.1, -0.05) is 17.7 Å². The highest BCUT2D eigenvalue weighted by Gasteiger charge is 2.02. The van der Waals surface area contributed by atoms with Crippen molar-refractivity contribution in [1.82, 2.24) is 5.32 Å². The van der Waals surface area contributed by atoms with E-state index in [-0.39, 0.29) is 0 Å². The van der Waals surface area contributed by atoms with Crippen molar-refractivity contribution in [2.45, 2.75) is 20.4 Å². The predicted molar refractivity (Wildman–Crippen MR) is 61.1 cm³/mol. The summed E-state index contributed by atoms with van der Waals surface area (Å²) in [6.45, 7) is 5.82. The molecule has 0 radical (unpaired) electrons. The molecule has 0 amide bonds. The summed E-state index contributed by atoms with van der Waals surface area (Å²) in [5, 5.41) is 3.12. The molecule has 0 aliphatic rings. The highest BCUT2D eigenvalue weighted by atomic mass is 16.7. The van der Waals surface area contributed by atoms with Crippen molar-refractivity contribution >= 4 is 0 Å². The molecule has 1 aromatic carbocycles. The SMILES string of the molecule is CCOCOc1ccc(C)cc1CNC. The van der Waals surface area contributed by atoms with E-state index >= 15 is 0 Å². The molecule has 84 valence electrons. The molecule has 1 aromatic rings. The topological polar surface area (TPSA) is 30.5 Å². The van der Waals surface area contributed by atoms with Gasteiger partial charge in [0.05, 0.1) is 0 Å². The Bertz CT molecular complexity index is 300. The fourth-order valence-electron chi connectivity index (χ4n) is 1.37. The Balaban J connectivity index is 2.67. The first-order valence-electron chi connectivity index (χ1n) is 5.22. The highest BCUT2D eigenvalue weighted by molar-refractivity contribution is 5.36. The predicted octanol–water partition coefficient (Wildman–Crippen LogP) is 2.09. The Hall–Kier alpha value is -1.06. The molecule has 1 N–H and O–H groups in total. The van der Waals surface area contributed by atoms with Crippen LogP contribution in [-0.4, -0.2) is 20.4 Å². The van der Waals surface area contributed by atoms with Crippen LogP contribution in [0.15, 0.2) is 18.2 Å². The summed E-state index contributed by atoms with van der Waals surface area (Å²) < 4.78 is 10.7. The third kappa shape index (κ3) is 3.90. The second kappa shape index (κ2) is 6.43. The quantitative estimate of drug-likeness (QED) is 0.575. The Morgan fingerprint density at radius 3 is 2.80 bits per heavy atom. The van der Waals surface area contributed by atoms with E-state index in [1.165, 1.54) is 5.56 Å². The first kappa shape index (κ1) is 12.0. The van der Waals surface area contributed by atoms with E-state index in [1.54, 1.807) is 0 Å². The van der Waals surface area contributed by atoms with Crippen molar-refractivity contribution in [2.75, 3.05) is 20.4 Å². The third-order valence-electron chi connectivity index (χ3n) is 2.09. The molecule has 0 saturated heterocycles. The van der Waals surface area contributed by atoms with Crippen molar-refractivity contribution in [3.8, 4) is 5.75 Å². The van der Waals surface area contributed by atoms with Crippen LogP contribution in [0, 0.1) is 6.92 Å². The minimum atomic E-state index is 0.316. The smallest absolute Gasteiger partial charge is 0.189 e. The Morgan fingerprint density at radius 2 is 2.13 bits per heavy atom. The molecule has 0 unspecified atom stereocenters. The van der Waals surface area contributed by atoms with Crippen molar-refractivity contribution in [2.24, 2.45) is 0 Å². The van der Waals surface area contributed by atoms with Crippen LogP contribution in [0.3, 0.4) is 0 Å². The molecule has 0 aliphatic carbocycles. The van der Waals surface area contributed by atoms with Crippen LogP contribution < -0.4 is 10.1 Å². The average Bonchev–Trinajstić information content (AvgIpc) is 2.22. The van der Waals surface area contributed by atoms with E-state index in [0.717, 1.165) is 17.9 Å². The first-order valence-corrected chi connectivity index (χ1v) is 5.22. The second-order valence-corrected chi connectivity index (χ2v) is 3.40. The van der Waals surface area contributed by atoms with Crippen LogP contribution in [0.5, 0.6) is 5.75 Å². The number of hydrogen-bond donors (Lipinski definition) is 1. The van der Waals surface area contributed by atoms with Gasteiger partial charge in [0.2, 0.25) is 0 Å². The number of ether oxygens (including phenoxy) is 2. The van der Waals surface area contributed by atoms with Gasteiger partial charge in [-0.15, -0.1) is 0 Å². The van der Waals surface area contributed by atoms with Gasteiger partial charge in [-0.2, -0.15) is 0 Å². The van der Waals surface area contributed by atoms with Crippen molar-refractivity contribution < 1.29 is 9.47 Å². The fraction of sp³-hybridized carbons (Fsp3) is 0.500. The summed E-state index contributed by atoms with van der Waals surface area (Å²) in [6, 6.07) is 6.15. The average molecular weight is 209 g/mol. The molecule has 0 aromatic heterocycles. The maximum atomic E-state index is 5.52. The lowest BCUT2D eigenvalue weighted by Gasteiger charge is -2.11. The molecule has 0 saturated carbocycles. The number of nitrogens with one attached hydrogen (secondary N) is 1. The lowest BCUT2D eigenvalue weighted by atomic mass is 10.1. The van der Waals surface area contributed by atoms with Gasteiger partial charge in [-0.3, -0.25) is 0 Å². The molecule has 0 bridgehead atoms. The van der Waals surface area contributed by atoms with Crippen molar-refractivity contribution in [3.63, 3.8) is 0 Å². The third-order valence-corrected chi connectivity index (χ3v) is 2.09. The molecule has 15 heavy (non-hydrogen) atoms. The van der Waals surface area contributed by atoms with Gasteiger partial charge in [0, 0.05) is 18.7 Å². The number of benzene rings is 1. The standard InChI is InChI=1S/C12H19NO2/c1-4-14-9-15-12-6-5-10(2)7-11(12)8-13-3/h5-7,13H,4,8-9H2,1-3H3. The molecular weight excluding hydrogens is 190 g/mol. The van der Waals surface area contributed by atoms with E-state index in [1.807, 2.05) is 26.1 Å². The normalized spacial score (nSPS) is 10.3. The molecular formula is C12H19NO2. The number of rotatable bonds is 6. The fourth-order valence-corrected chi connectivity index (χ4v) is 1.37. The number of hydrogen-bond acceptors (Lipinski definition) is 3. The van der Waals surface area contributed by atoms with Crippen LogP contribution in [0.1, 0.15) is 18.1 Å². The van der Waals surface area contributed by atoms with E-state index < -0.39 is 0 Å². The Morgan fingerprint density at radius 1 is 1.33 bits per heavy atom. The minimum absolute atomic E-state index is 0.316. The Labute approximate surface area is 91.4 Å². The zero-order valence-corrected chi connectivity index (χ0v) is 9.67. The summed E-state index contributed by atoms with van der Waals surface area (Å²) >= 11 is 0. The zero-order valence-electron chi connectivity index (χ0n) is 9.67. The molecule has 1 rings (SSSR count). The monoisotopic (exact) mass is 209 g/mol. The van der Waals surface area contributed by atoms with Crippen LogP contribution in [0.2, 0.25) is 0 Å². The lowest BCUT2D eigenvalue weighted by molar-refractivity contribution is 0.0218. The summed E-state index contributed by atoms with van der Waals surface area (Å²) in [5.41, 5.74) is 2.40. The largest absolute Gasteiger partial charge is 0.467 e. The zero-order chi connectivity index (χ0) is 11.1. The van der Waals surface area contributed by atoms with Gasteiger partial charge in [0.25, 0.3) is 0 Å². The maximum absolute atomic E-state index is 5.52. The molecule has 0 fully saturated rings. The summed E-state index contributed by atoms with van der Waals surface area (Å²) in [6.07, 6.45) is 0. The maximum Gasteiger partial charge on any atom is 0.189 e. The van der Waals surface area contributed by atoms with Gasteiger partial charge < -0.3 is 14.8 Å². The van der Waals surface area contributed by atoms with Gasteiger partial charge in [-0.05, 0) is 27.0 Å². The van der Waals surface area contributed by atoms with Gasteiger partial charge in [-0.25, -0.2) is 0 Å². The van der Waals surface area contributed by atoms with E-state index in [9.17, 15) is 0 Å². The molecule has 0 atom stereocenters. The van der Waals surface area contributed by atoms with Crippen molar-refractivity contribution in [1.29, 1.82) is 0 Å². The summed E-state index contributed by atoms with van der Waals surface area (Å²) in [7, 11) is 1.93. The van der Waals surface area contributed by atoms with E-state index in [4.69, 9.17) is 9.47 Å². The van der Waals surface area contributed by atoms with Crippen LogP contribution in [0.4, 0.5) is 0 Å². The minimum Gasteiger partial charge on any atom is -0.467 e. The van der Waals surface area contributed by atoms with Crippen LogP contribution >= 0.6 is 0 Å². The van der Waals surface area contributed by atoms with Crippen LogP contribution in [0.25, 0.3) is 0 Å². The summed E-state index contributed by atoms with van der Waals surface area (Å²) in [5.74, 6) is 0.892.